The minimum absolute atomic E-state index is 0.0820. The van der Waals surface area contributed by atoms with E-state index in [2.05, 4.69) is 0 Å². The van der Waals surface area contributed by atoms with Crippen molar-refractivity contribution in [3.05, 3.63) is 34.9 Å². The number of carbonyl (C=O) groups is 2. The zero-order chi connectivity index (χ0) is 14.0. The minimum atomic E-state index is -0.941. The zero-order valence-corrected chi connectivity index (χ0v) is 10.9. The summed E-state index contributed by atoms with van der Waals surface area (Å²) in [5.41, 5.74) is 7.68. The summed E-state index contributed by atoms with van der Waals surface area (Å²) >= 11 is 0. The summed E-state index contributed by atoms with van der Waals surface area (Å²) in [5.74, 6) is -0.944. The summed E-state index contributed by atoms with van der Waals surface area (Å²) in [6, 6.07) is 5.02. The number of nitrogens with zero attached hydrogens (tertiary/aromatic N) is 1. The van der Waals surface area contributed by atoms with Crippen LogP contribution in [0.15, 0.2) is 18.2 Å². The molecule has 0 bridgehead atoms. The predicted molar refractivity (Wildman–Crippen MR) is 70.5 cm³/mol. The van der Waals surface area contributed by atoms with Gasteiger partial charge >= 0.3 is 5.97 Å². The van der Waals surface area contributed by atoms with Crippen LogP contribution in [-0.4, -0.2) is 28.4 Å². The van der Waals surface area contributed by atoms with Crippen LogP contribution in [0.1, 0.15) is 34.8 Å². The van der Waals surface area contributed by atoms with Crippen LogP contribution in [0, 0.1) is 5.92 Å². The molecule has 1 heterocycles. The van der Waals surface area contributed by atoms with Gasteiger partial charge in [-0.25, -0.2) is 4.79 Å². The number of aromatic carboxylic acids is 1. The maximum absolute atomic E-state index is 12.2. The number of hydrogen-bond donors (Lipinski definition) is 2. The number of benzene rings is 1. The molecule has 1 aromatic carbocycles. The summed E-state index contributed by atoms with van der Waals surface area (Å²) in [6.45, 7) is 3.42. The molecule has 0 spiro atoms. The normalized spacial score (nSPS) is 15.2. The second-order valence-corrected chi connectivity index (χ2v) is 4.96. The van der Waals surface area contributed by atoms with E-state index in [0.29, 0.717) is 26.1 Å². The van der Waals surface area contributed by atoms with Gasteiger partial charge in [-0.2, -0.15) is 0 Å². The van der Waals surface area contributed by atoms with Gasteiger partial charge < -0.3 is 15.7 Å². The Kier molecular flexibility index (Phi) is 3.85. The van der Waals surface area contributed by atoms with Crippen molar-refractivity contribution in [2.75, 3.05) is 6.54 Å². The molecule has 1 unspecified atom stereocenters. The molecule has 5 heteroatoms. The Hall–Kier alpha value is -1.88. The van der Waals surface area contributed by atoms with Crippen LogP contribution in [-0.2, 0) is 17.9 Å². The Labute approximate surface area is 112 Å². The lowest BCUT2D eigenvalue weighted by Crippen LogP contribution is -2.31. The van der Waals surface area contributed by atoms with Crippen molar-refractivity contribution >= 4 is 11.9 Å². The highest BCUT2D eigenvalue weighted by molar-refractivity contribution is 5.88. The lowest BCUT2D eigenvalue weighted by atomic mass is 10.1. The number of amides is 1. The number of nitrogens with two attached hydrogens (primary N) is 1. The molecule has 102 valence electrons. The lowest BCUT2D eigenvalue weighted by Gasteiger charge is -2.19. The Morgan fingerprint density at radius 2 is 2.05 bits per heavy atom. The fourth-order valence-electron chi connectivity index (χ4n) is 2.37. The average molecular weight is 262 g/mol. The third kappa shape index (κ3) is 2.76. The highest BCUT2D eigenvalue weighted by Gasteiger charge is 2.26. The van der Waals surface area contributed by atoms with Crippen LogP contribution in [0.5, 0.6) is 0 Å². The summed E-state index contributed by atoms with van der Waals surface area (Å²) in [5, 5.41) is 8.95. The first-order valence-electron chi connectivity index (χ1n) is 6.37. The van der Waals surface area contributed by atoms with E-state index in [-0.39, 0.29) is 17.4 Å². The number of hydrogen-bond acceptors (Lipinski definition) is 3. The molecule has 1 amide bonds. The smallest absolute Gasteiger partial charge is 0.335 e. The molecule has 3 N–H and O–H groups in total. The van der Waals surface area contributed by atoms with Crippen LogP contribution >= 0.6 is 0 Å². The molecule has 1 aliphatic rings. The van der Waals surface area contributed by atoms with Gasteiger partial charge in [-0.1, -0.05) is 13.0 Å². The highest BCUT2D eigenvalue weighted by Crippen LogP contribution is 2.25. The molecule has 1 aromatic rings. The minimum Gasteiger partial charge on any atom is -0.478 e. The Morgan fingerprint density at radius 3 is 2.68 bits per heavy atom. The molecule has 1 aliphatic heterocycles. The summed E-state index contributed by atoms with van der Waals surface area (Å²) in [4.78, 5) is 24.9. The number of fused-ring (bicyclic) bond motifs is 1. The number of rotatable bonds is 4. The quantitative estimate of drug-likeness (QED) is 0.854. The summed E-state index contributed by atoms with van der Waals surface area (Å²) in [7, 11) is 0. The monoisotopic (exact) mass is 262 g/mol. The van der Waals surface area contributed by atoms with Gasteiger partial charge in [-0.05, 0) is 36.2 Å². The van der Waals surface area contributed by atoms with Crippen molar-refractivity contribution in [2.24, 2.45) is 11.7 Å². The van der Waals surface area contributed by atoms with Crippen LogP contribution < -0.4 is 5.73 Å². The van der Waals surface area contributed by atoms with Gasteiger partial charge in [0.05, 0.1) is 5.56 Å². The SMILES string of the molecule is CC(CCN)C(=O)N1Cc2ccc(C(=O)O)cc2C1. The first-order valence-corrected chi connectivity index (χ1v) is 6.37. The number of carboxylic acid groups (broad SMARTS) is 1. The van der Waals surface area contributed by atoms with E-state index in [1.54, 1.807) is 23.1 Å². The second kappa shape index (κ2) is 5.40. The van der Waals surface area contributed by atoms with Crippen molar-refractivity contribution in [2.45, 2.75) is 26.4 Å². The van der Waals surface area contributed by atoms with E-state index in [1.165, 1.54) is 0 Å². The van der Waals surface area contributed by atoms with Gasteiger partial charge in [0, 0.05) is 19.0 Å². The molecule has 0 radical (unpaired) electrons. The average Bonchev–Trinajstić information content (AvgIpc) is 2.80. The van der Waals surface area contributed by atoms with Crippen molar-refractivity contribution in [3.8, 4) is 0 Å². The first kappa shape index (κ1) is 13.5. The molecule has 0 aromatic heterocycles. The Bertz CT molecular complexity index is 513. The maximum Gasteiger partial charge on any atom is 0.335 e. The van der Waals surface area contributed by atoms with Crippen molar-refractivity contribution < 1.29 is 14.7 Å². The number of carboxylic acids is 1. The largest absolute Gasteiger partial charge is 0.478 e. The van der Waals surface area contributed by atoms with Gasteiger partial charge in [-0.3, -0.25) is 4.79 Å². The van der Waals surface area contributed by atoms with Crippen LogP contribution in [0.25, 0.3) is 0 Å². The van der Waals surface area contributed by atoms with E-state index in [1.807, 2.05) is 6.92 Å². The van der Waals surface area contributed by atoms with Gasteiger partial charge in [-0.15, -0.1) is 0 Å². The van der Waals surface area contributed by atoms with E-state index >= 15 is 0 Å². The molecule has 0 fully saturated rings. The molecular formula is C14H18N2O3. The van der Waals surface area contributed by atoms with E-state index in [9.17, 15) is 9.59 Å². The van der Waals surface area contributed by atoms with Crippen LogP contribution in [0.2, 0.25) is 0 Å². The Balaban J connectivity index is 2.12. The third-order valence-electron chi connectivity index (χ3n) is 3.51. The molecule has 0 saturated heterocycles. The molecule has 1 atom stereocenters. The molecule has 0 aliphatic carbocycles. The maximum atomic E-state index is 12.2. The first-order chi connectivity index (χ1) is 9.02. The molecule has 2 rings (SSSR count). The Morgan fingerprint density at radius 1 is 1.37 bits per heavy atom. The van der Waals surface area contributed by atoms with Crippen molar-refractivity contribution in [1.29, 1.82) is 0 Å². The standard InChI is InChI=1S/C14H18N2O3/c1-9(4-5-15)13(17)16-7-11-3-2-10(14(18)19)6-12(11)8-16/h2-3,6,9H,4-5,7-8,15H2,1H3,(H,18,19). The topological polar surface area (TPSA) is 83.6 Å². The molecule has 19 heavy (non-hydrogen) atoms. The van der Waals surface area contributed by atoms with Gasteiger partial charge in [0.15, 0.2) is 0 Å². The molecule has 5 nitrogen and oxygen atoms in total. The summed E-state index contributed by atoms with van der Waals surface area (Å²) in [6.07, 6.45) is 0.673. The fourth-order valence-corrected chi connectivity index (χ4v) is 2.37. The van der Waals surface area contributed by atoms with Crippen molar-refractivity contribution in [3.63, 3.8) is 0 Å². The van der Waals surface area contributed by atoms with Gasteiger partial charge in [0.1, 0.15) is 0 Å². The lowest BCUT2D eigenvalue weighted by molar-refractivity contribution is -0.135. The third-order valence-corrected chi connectivity index (χ3v) is 3.51. The van der Waals surface area contributed by atoms with Crippen LogP contribution in [0.3, 0.4) is 0 Å². The summed E-state index contributed by atoms with van der Waals surface area (Å²) < 4.78 is 0. The number of carbonyl (C=O) groups excluding carboxylic acids is 1. The van der Waals surface area contributed by atoms with E-state index < -0.39 is 5.97 Å². The van der Waals surface area contributed by atoms with Gasteiger partial charge in [0.2, 0.25) is 5.91 Å². The fraction of sp³-hybridized carbons (Fsp3) is 0.429. The second-order valence-electron chi connectivity index (χ2n) is 4.96. The van der Waals surface area contributed by atoms with Gasteiger partial charge in [0.25, 0.3) is 0 Å². The predicted octanol–water partition coefficient (Wildman–Crippen LogP) is 1.21. The van der Waals surface area contributed by atoms with Crippen LogP contribution in [0.4, 0.5) is 0 Å². The van der Waals surface area contributed by atoms with E-state index in [0.717, 1.165) is 11.1 Å². The highest BCUT2D eigenvalue weighted by atomic mass is 16.4. The zero-order valence-electron chi connectivity index (χ0n) is 10.9. The molecule has 0 saturated carbocycles. The van der Waals surface area contributed by atoms with Crippen molar-refractivity contribution in [1.82, 2.24) is 4.90 Å². The molecular weight excluding hydrogens is 244 g/mol. The van der Waals surface area contributed by atoms with E-state index in [4.69, 9.17) is 10.8 Å².